The van der Waals surface area contributed by atoms with Crippen molar-refractivity contribution in [3.05, 3.63) is 22.5 Å². The largest absolute Gasteiger partial charge is 0.477 e. The van der Waals surface area contributed by atoms with Gasteiger partial charge in [-0.3, -0.25) is 4.79 Å². The standard InChI is InChI=1S/C12H18N2O3/c1-6(2)14(5)11(15)9-7(3)10(12(16)17)13-8(9)4/h6,13H,1-5H3,(H,16,17). The number of carbonyl (C=O) groups is 2. The maximum Gasteiger partial charge on any atom is 0.352 e. The van der Waals surface area contributed by atoms with Crippen LogP contribution in [0.4, 0.5) is 0 Å². The van der Waals surface area contributed by atoms with Gasteiger partial charge in [-0.1, -0.05) is 0 Å². The number of aromatic carboxylic acids is 1. The summed E-state index contributed by atoms with van der Waals surface area (Å²) in [6.07, 6.45) is 0. The molecule has 2 N–H and O–H groups in total. The van der Waals surface area contributed by atoms with Gasteiger partial charge in [0.05, 0.1) is 5.56 Å². The molecule has 0 saturated heterocycles. The second kappa shape index (κ2) is 4.61. The van der Waals surface area contributed by atoms with Gasteiger partial charge in [-0.15, -0.1) is 0 Å². The molecule has 1 heterocycles. The summed E-state index contributed by atoms with van der Waals surface area (Å²) < 4.78 is 0. The smallest absolute Gasteiger partial charge is 0.352 e. The molecule has 1 aromatic rings. The number of carbonyl (C=O) groups excluding carboxylic acids is 1. The summed E-state index contributed by atoms with van der Waals surface area (Å²) in [4.78, 5) is 27.5. The molecule has 0 radical (unpaired) electrons. The number of aryl methyl sites for hydroxylation is 1. The maximum absolute atomic E-state index is 12.2. The van der Waals surface area contributed by atoms with Crippen molar-refractivity contribution in [2.45, 2.75) is 33.7 Å². The van der Waals surface area contributed by atoms with Crippen LogP contribution in [0.3, 0.4) is 0 Å². The minimum absolute atomic E-state index is 0.0736. The molecule has 94 valence electrons. The van der Waals surface area contributed by atoms with E-state index >= 15 is 0 Å². The molecule has 5 nitrogen and oxygen atoms in total. The molecule has 0 aliphatic carbocycles. The van der Waals surface area contributed by atoms with Crippen LogP contribution in [0.15, 0.2) is 0 Å². The molecule has 0 aliphatic heterocycles. The van der Waals surface area contributed by atoms with Gasteiger partial charge >= 0.3 is 5.97 Å². The topological polar surface area (TPSA) is 73.4 Å². The lowest BCUT2D eigenvalue weighted by Crippen LogP contribution is -2.33. The second-order valence-corrected chi connectivity index (χ2v) is 4.44. The minimum atomic E-state index is -1.04. The van der Waals surface area contributed by atoms with Crippen molar-refractivity contribution in [2.75, 3.05) is 7.05 Å². The molecular weight excluding hydrogens is 220 g/mol. The van der Waals surface area contributed by atoms with Crippen LogP contribution in [0, 0.1) is 13.8 Å². The van der Waals surface area contributed by atoms with Gasteiger partial charge in [0, 0.05) is 18.8 Å². The van der Waals surface area contributed by atoms with Crippen molar-refractivity contribution >= 4 is 11.9 Å². The number of nitrogens with zero attached hydrogens (tertiary/aromatic N) is 1. The summed E-state index contributed by atoms with van der Waals surface area (Å²) >= 11 is 0. The molecule has 0 saturated carbocycles. The third-order valence-corrected chi connectivity index (χ3v) is 2.96. The van der Waals surface area contributed by atoms with Gasteiger partial charge in [0.25, 0.3) is 5.91 Å². The Morgan fingerprint density at radius 1 is 1.29 bits per heavy atom. The first-order valence-corrected chi connectivity index (χ1v) is 5.47. The first-order chi connectivity index (χ1) is 7.77. The highest BCUT2D eigenvalue weighted by Gasteiger charge is 2.24. The first kappa shape index (κ1) is 13.3. The van der Waals surface area contributed by atoms with E-state index in [1.807, 2.05) is 13.8 Å². The zero-order chi connectivity index (χ0) is 13.3. The number of carboxylic acids is 1. The van der Waals surface area contributed by atoms with Crippen LogP contribution in [0.5, 0.6) is 0 Å². The van der Waals surface area contributed by atoms with Gasteiger partial charge in [0.1, 0.15) is 5.69 Å². The van der Waals surface area contributed by atoms with Crippen molar-refractivity contribution < 1.29 is 14.7 Å². The van der Waals surface area contributed by atoms with Crippen molar-refractivity contribution in [1.82, 2.24) is 9.88 Å². The number of aromatic nitrogens is 1. The van der Waals surface area contributed by atoms with Gasteiger partial charge in [0.15, 0.2) is 0 Å². The van der Waals surface area contributed by atoms with E-state index in [0.717, 1.165) is 0 Å². The van der Waals surface area contributed by atoms with E-state index in [1.54, 1.807) is 25.8 Å². The number of carboxylic acid groups (broad SMARTS) is 1. The van der Waals surface area contributed by atoms with Crippen molar-refractivity contribution in [3.8, 4) is 0 Å². The van der Waals surface area contributed by atoms with Gasteiger partial charge in [-0.25, -0.2) is 4.79 Å². The van der Waals surface area contributed by atoms with Crippen LogP contribution in [-0.2, 0) is 0 Å². The Morgan fingerprint density at radius 3 is 2.18 bits per heavy atom. The molecule has 1 amide bonds. The molecule has 0 fully saturated rings. The summed E-state index contributed by atoms with van der Waals surface area (Å²) in [6.45, 7) is 7.18. The van der Waals surface area contributed by atoms with Crippen molar-refractivity contribution in [1.29, 1.82) is 0 Å². The van der Waals surface area contributed by atoms with Gasteiger partial charge in [-0.05, 0) is 33.3 Å². The zero-order valence-electron chi connectivity index (χ0n) is 10.8. The third kappa shape index (κ3) is 2.33. The lowest BCUT2D eigenvalue weighted by atomic mass is 10.1. The van der Waals surface area contributed by atoms with E-state index in [4.69, 9.17) is 5.11 Å². The molecule has 0 spiro atoms. The Kier molecular flexibility index (Phi) is 3.60. The number of hydrogen-bond donors (Lipinski definition) is 2. The molecule has 0 bridgehead atoms. The summed E-state index contributed by atoms with van der Waals surface area (Å²) in [5.74, 6) is -1.20. The summed E-state index contributed by atoms with van der Waals surface area (Å²) in [6, 6.07) is 0.0736. The normalized spacial score (nSPS) is 10.7. The number of aromatic amines is 1. The number of H-pyrrole nitrogens is 1. The fraction of sp³-hybridized carbons (Fsp3) is 0.500. The molecule has 1 rings (SSSR count). The SMILES string of the molecule is Cc1[nH]c(C(=O)O)c(C)c1C(=O)N(C)C(C)C. The Morgan fingerprint density at radius 2 is 1.82 bits per heavy atom. The summed E-state index contributed by atoms with van der Waals surface area (Å²) in [7, 11) is 1.71. The summed E-state index contributed by atoms with van der Waals surface area (Å²) in [5, 5.41) is 8.98. The molecule has 5 heteroatoms. The molecule has 0 aliphatic rings. The average molecular weight is 238 g/mol. The number of rotatable bonds is 3. The molecule has 1 aromatic heterocycles. The fourth-order valence-corrected chi connectivity index (χ4v) is 1.70. The Labute approximate surface area is 100 Å². The van der Waals surface area contributed by atoms with E-state index in [1.165, 1.54) is 0 Å². The Hall–Kier alpha value is -1.78. The van der Waals surface area contributed by atoms with E-state index < -0.39 is 5.97 Å². The van der Waals surface area contributed by atoms with Crippen LogP contribution in [0.2, 0.25) is 0 Å². The highest BCUT2D eigenvalue weighted by molar-refractivity contribution is 6.00. The van der Waals surface area contributed by atoms with Crippen LogP contribution < -0.4 is 0 Å². The predicted molar refractivity (Wildman–Crippen MR) is 64.5 cm³/mol. The van der Waals surface area contributed by atoms with Crippen molar-refractivity contribution in [2.24, 2.45) is 0 Å². The zero-order valence-corrected chi connectivity index (χ0v) is 10.8. The van der Waals surface area contributed by atoms with E-state index in [2.05, 4.69) is 4.98 Å². The van der Waals surface area contributed by atoms with Gasteiger partial charge < -0.3 is 15.0 Å². The summed E-state index contributed by atoms with van der Waals surface area (Å²) in [5.41, 5.74) is 1.63. The molecular formula is C12H18N2O3. The van der Waals surface area contributed by atoms with E-state index in [9.17, 15) is 9.59 Å². The number of nitrogens with one attached hydrogen (secondary N) is 1. The highest BCUT2D eigenvalue weighted by Crippen LogP contribution is 2.20. The first-order valence-electron chi connectivity index (χ1n) is 5.47. The quantitative estimate of drug-likeness (QED) is 0.843. The highest BCUT2D eigenvalue weighted by atomic mass is 16.4. The van der Waals surface area contributed by atoms with Crippen molar-refractivity contribution in [3.63, 3.8) is 0 Å². The lowest BCUT2D eigenvalue weighted by Gasteiger charge is -2.21. The minimum Gasteiger partial charge on any atom is -0.477 e. The second-order valence-electron chi connectivity index (χ2n) is 4.44. The molecule has 0 unspecified atom stereocenters. The molecule has 17 heavy (non-hydrogen) atoms. The Bertz CT molecular complexity index is 461. The predicted octanol–water partition coefficient (Wildman–Crippen LogP) is 1.81. The number of amides is 1. The van der Waals surface area contributed by atoms with Gasteiger partial charge in [0.2, 0.25) is 0 Å². The fourth-order valence-electron chi connectivity index (χ4n) is 1.70. The molecule has 0 aromatic carbocycles. The molecule has 0 atom stereocenters. The van der Waals surface area contributed by atoms with Crippen LogP contribution in [0.25, 0.3) is 0 Å². The Balaban J connectivity index is 3.24. The van der Waals surface area contributed by atoms with Crippen LogP contribution in [-0.4, -0.2) is 40.0 Å². The average Bonchev–Trinajstić information content (AvgIpc) is 2.52. The van der Waals surface area contributed by atoms with E-state index in [0.29, 0.717) is 16.8 Å². The third-order valence-electron chi connectivity index (χ3n) is 2.96. The number of hydrogen-bond acceptors (Lipinski definition) is 2. The van der Waals surface area contributed by atoms with E-state index in [-0.39, 0.29) is 17.6 Å². The van der Waals surface area contributed by atoms with Crippen LogP contribution in [0.1, 0.15) is 46.0 Å². The lowest BCUT2D eigenvalue weighted by molar-refractivity contribution is 0.0690. The van der Waals surface area contributed by atoms with Crippen LogP contribution >= 0.6 is 0 Å². The van der Waals surface area contributed by atoms with Gasteiger partial charge in [-0.2, -0.15) is 0 Å². The monoisotopic (exact) mass is 238 g/mol. The maximum atomic E-state index is 12.2.